The lowest BCUT2D eigenvalue weighted by Crippen LogP contribution is -2.48. The van der Waals surface area contributed by atoms with Crippen molar-refractivity contribution in [1.29, 1.82) is 0 Å². The van der Waals surface area contributed by atoms with Gasteiger partial charge in [0.15, 0.2) is 6.10 Å². The van der Waals surface area contributed by atoms with Gasteiger partial charge in [0.1, 0.15) is 0 Å². The summed E-state index contributed by atoms with van der Waals surface area (Å²) < 4.78 is 5.18. The number of nitrogens with zero attached hydrogens (tertiary/aromatic N) is 1. The molecule has 1 aliphatic rings. The van der Waals surface area contributed by atoms with Crippen molar-refractivity contribution in [1.82, 2.24) is 4.90 Å². The van der Waals surface area contributed by atoms with Crippen LogP contribution in [0, 0.1) is 0 Å². The molecule has 118 valence electrons. The quantitative estimate of drug-likeness (QED) is 0.944. The number of rotatable bonds is 3. The van der Waals surface area contributed by atoms with Crippen LogP contribution >= 0.6 is 0 Å². The van der Waals surface area contributed by atoms with Crippen LogP contribution in [-0.4, -0.2) is 47.7 Å². The number of carbonyl (C=O) groups is 2. The number of hydrogen-bond donors (Lipinski definition) is 1. The Balaban J connectivity index is 1.90. The van der Waals surface area contributed by atoms with Crippen LogP contribution in [0.1, 0.15) is 10.4 Å². The van der Waals surface area contributed by atoms with Gasteiger partial charge in [0.25, 0.3) is 5.91 Å². The Morgan fingerprint density at radius 1 is 1.04 bits per heavy atom. The molecule has 3 rings (SSSR count). The fourth-order valence-electron chi connectivity index (χ4n) is 2.69. The van der Waals surface area contributed by atoms with E-state index < -0.39 is 12.1 Å². The van der Waals surface area contributed by atoms with Crippen molar-refractivity contribution in [2.45, 2.75) is 6.10 Å². The van der Waals surface area contributed by atoms with Crippen molar-refractivity contribution in [2.75, 3.05) is 19.7 Å². The highest BCUT2D eigenvalue weighted by Crippen LogP contribution is 2.25. The minimum atomic E-state index is -1.04. The fourth-order valence-corrected chi connectivity index (χ4v) is 2.69. The van der Waals surface area contributed by atoms with Crippen LogP contribution in [0.3, 0.4) is 0 Å². The SMILES string of the molecule is O=C(O)C1CN(C(=O)c2ccccc2-c2ccccc2)CCO1. The van der Waals surface area contributed by atoms with Gasteiger partial charge in [-0.05, 0) is 17.2 Å². The smallest absolute Gasteiger partial charge is 0.334 e. The molecule has 1 atom stereocenters. The number of amides is 1. The van der Waals surface area contributed by atoms with Crippen molar-refractivity contribution >= 4 is 11.9 Å². The molecule has 0 spiro atoms. The van der Waals surface area contributed by atoms with E-state index in [-0.39, 0.29) is 19.1 Å². The lowest BCUT2D eigenvalue weighted by Gasteiger charge is -2.31. The molecule has 1 aliphatic heterocycles. The molecule has 1 saturated heterocycles. The molecule has 2 aromatic carbocycles. The molecule has 1 amide bonds. The summed E-state index contributed by atoms with van der Waals surface area (Å²) in [5, 5.41) is 9.08. The number of hydrogen-bond acceptors (Lipinski definition) is 3. The highest BCUT2D eigenvalue weighted by molar-refractivity contribution is 6.01. The standard InChI is InChI=1S/C18H17NO4/c20-17(19-10-11-23-16(12-19)18(21)22)15-9-5-4-8-14(15)13-6-2-1-3-7-13/h1-9,16H,10-12H2,(H,21,22). The number of morpholine rings is 1. The molecule has 1 N–H and O–H groups in total. The maximum atomic E-state index is 12.8. The zero-order valence-corrected chi connectivity index (χ0v) is 12.5. The van der Waals surface area contributed by atoms with Gasteiger partial charge >= 0.3 is 5.97 Å². The molecule has 5 nitrogen and oxygen atoms in total. The Bertz CT molecular complexity index is 714. The molecule has 0 saturated carbocycles. The van der Waals surface area contributed by atoms with E-state index in [0.717, 1.165) is 11.1 Å². The van der Waals surface area contributed by atoms with E-state index in [1.165, 1.54) is 0 Å². The minimum Gasteiger partial charge on any atom is -0.479 e. The van der Waals surface area contributed by atoms with E-state index in [1.807, 2.05) is 48.5 Å². The van der Waals surface area contributed by atoms with Crippen LogP contribution in [-0.2, 0) is 9.53 Å². The number of aliphatic carboxylic acids is 1. The molecule has 23 heavy (non-hydrogen) atoms. The monoisotopic (exact) mass is 311 g/mol. The lowest BCUT2D eigenvalue weighted by atomic mass is 9.98. The van der Waals surface area contributed by atoms with Crippen molar-refractivity contribution < 1.29 is 19.4 Å². The first-order chi connectivity index (χ1) is 11.2. The third-order valence-electron chi connectivity index (χ3n) is 3.87. The maximum absolute atomic E-state index is 12.8. The largest absolute Gasteiger partial charge is 0.479 e. The average Bonchev–Trinajstić information content (AvgIpc) is 2.62. The van der Waals surface area contributed by atoms with Crippen molar-refractivity contribution in [3.05, 3.63) is 60.2 Å². The number of carbonyl (C=O) groups excluding carboxylic acids is 1. The summed E-state index contributed by atoms with van der Waals surface area (Å²) in [5.74, 6) is -1.21. The Labute approximate surface area is 134 Å². The van der Waals surface area contributed by atoms with E-state index in [2.05, 4.69) is 0 Å². The molecule has 0 aliphatic carbocycles. The highest BCUT2D eigenvalue weighted by Gasteiger charge is 2.30. The third-order valence-corrected chi connectivity index (χ3v) is 3.87. The summed E-state index contributed by atoms with van der Waals surface area (Å²) in [6.45, 7) is 0.694. The molecule has 0 radical (unpaired) electrons. The first kappa shape index (κ1) is 15.2. The van der Waals surface area contributed by atoms with E-state index in [4.69, 9.17) is 9.84 Å². The van der Waals surface area contributed by atoms with E-state index >= 15 is 0 Å². The molecule has 5 heteroatoms. The van der Waals surface area contributed by atoms with E-state index in [1.54, 1.807) is 11.0 Å². The Morgan fingerprint density at radius 3 is 2.48 bits per heavy atom. The zero-order valence-electron chi connectivity index (χ0n) is 12.5. The summed E-state index contributed by atoms with van der Waals surface area (Å²) in [4.78, 5) is 25.5. The second-order valence-electron chi connectivity index (χ2n) is 5.36. The zero-order chi connectivity index (χ0) is 16.2. The minimum absolute atomic E-state index is 0.0668. The molecule has 2 aromatic rings. The summed E-state index contributed by atoms with van der Waals surface area (Å²) in [6, 6.07) is 17.0. The maximum Gasteiger partial charge on any atom is 0.334 e. The first-order valence-corrected chi connectivity index (χ1v) is 7.45. The molecule has 1 unspecified atom stereocenters. The second-order valence-corrected chi connectivity index (χ2v) is 5.36. The second kappa shape index (κ2) is 6.62. The number of ether oxygens (including phenoxy) is 1. The topological polar surface area (TPSA) is 66.8 Å². The number of benzene rings is 2. The predicted molar refractivity (Wildman–Crippen MR) is 85.2 cm³/mol. The van der Waals surface area contributed by atoms with Crippen LogP contribution in [0.5, 0.6) is 0 Å². The third kappa shape index (κ3) is 3.24. The predicted octanol–water partition coefficient (Wildman–Crippen LogP) is 2.28. The molecule has 1 fully saturated rings. The van der Waals surface area contributed by atoms with Gasteiger partial charge in [0, 0.05) is 12.1 Å². The number of carboxylic acids is 1. The average molecular weight is 311 g/mol. The fraction of sp³-hybridized carbons (Fsp3) is 0.222. The van der Waals surface area contributed by atoms with Gasteiger partial charge in [-0.2, -0.15) is 0 Å². The summed E-state index contributed by atoms with van der Waals surface area (Å²) in [7, 11) is 0. The van der Waals surface area contributed by atoms with Gasteiger partial charge < -0.3 is 14.7 Å². The van der Waals surface area contributed by atoms with Crippen molar-refractivity contribution in [2.24, 2.45) is 0 Å². The summed E-state index contributed by atoms with van der Waals surface area (Å²) in [6.07, 6.45) is -0.961. The molecular formula is C18H17NO4. The molecule has 0 bridgehead atoms. The lowest BCUT2D eigenvalue weighted by molar-refractivity contribution is -0.154. The van der Waals surface area contributed by atoms with Gasteiger partial charge in [-0.1, -0.05) is 48.5 Å². The molecular weight excluding hydrogens is 294 g/mol. The Hall–Kier alpha value is -2.66. The Morgan fingerprint density at radius 2 is 1.74 bits per heavy atom. The summed E-state index contributed by atoms with van der Waals surface area (Å²) >= 11 is 0. The van der Waals surface area contributed by atoms with Crippen LogP contribution in [0.25, 0.3) is 11.1 Å². The molecule has 0 aromatic heterocycles. The van der Waals surface area contributed by atoms with Crippen molar-refractivity contribution in [3.63, 3.8) is 0 Å². The van der Waals surface area contributed by atoms with Crippen molar-refractivity contribution in [3.8, 4) is 11.1 Å². The van der Waals surface area contributed by atoms with E-state index in [0.29, 0.717) is 12.1 Å². The van der Waals surface area contributed by atoms with Gasteiger partial charge in [-0.3, -0.25) is 4.79 Å². The van der Waals surface area contributed by atoms with Gasteiger partial charge in [0.05, 0.1) is 13.2 Å². The van der Waals surface area contributed by atoms with Crippen LogP contribution in [0.15, 0.2) is 54.6 Å². The van der Waals surface area contributed by atoms with Gasteiger partial charge in [0.2, 0.25) is 0 Å². The van der Waals surface area contributed by atoms with Gasteiger partial charge in [-0.25, -0.2) is 4.79 Å². The van der Waals surface area contributed by atoms with Crippen LogP contribution in [0.2, 0.25) is 0 Å². The Kier molecular flexibility index (Phi) is 4.39. The first-order valence-electron chi connectivity index (χ1n) is 7.45. The number of carboxylic acid groups (broad SMARTS) is 1. The van der Waals surface area contributed by atoms with Gasteiger partial charge in [-0.15, -0.1) is 0 Å². The highest BCUT2D eigenvalue weighted by atomic mass is 16.5. The van der Waals surface area contributed by atoms with E-state index in [9.17, 15) is 9.59 Å². The molecule has 1 heterocycles. The van der Waals surface area contributed by atoms with Crippen LogP contribution < -0.4 is 0 Å². The van der Waals surface area contributed by atoms with Crippen LogP contribution in [0.4, 0.5) is 0 Å². The summed E-state index contributed by atoms with van der Waals surface area (Å²) in [5.41, 5.74) is 2.38. The normalized spacial score (nSPS) is 17.7.